The van der Waals surface area contributed by atoms with Crippen LogP contribution in [0.5, 0.6) is 0 Å². The predicted molar refractivity (Wildman–Crippen MR) is 308 cm³/mol. The molecule has 74 heavy (non-hydrogen) atoms. The Hall–Kier alpha value is -6.88. The molecule has 8 nitrogen and oxygen atoms in total. The molecule has 14 rings (SSSR count). The zero-order valence-electron chi connectivity index (χ0n) is 38.7. The Balaban J connectivity index is 0.000000122. The summed E-state index contributed by atoms with van der Waals surface area (Å²) in [5.41, 5.74) is 12.3. The number of rotatable bonds is 4. The minimum absolute atomic E-state index is 0.370. The first-order valence-corrected chi connectivity index (χ1v) is 28.7. The molecule has 2 N–H and O–H groups in total. The summed E-state index contributed by atoms with van der Waals surface area (Å²) in [7, 11) is -8.26. The fraction of sp³-hybridized carbons (Fsp3) is 0. The van der Waals surface area contributed by atoms with Crippen molar-refractivity contribution in [1.82, 2.24) is 9.13 Å². The van der Waals surface area contributed by atoms with Gasteiger partial charge in [-0.1, -0.05) is 151 Å². The summed E-state index contributed by atoms with van der Waals surface area (Å²) in [4.78, 5) is 1.51. The number of aromatic nitrogens is 2. The van der Waals surface area contributed by atoms with Gasteiger partial charge in [0.2, 0.25) is 19.7 Å². The Morgan fingerprint density at radius 1 is 0.338 bits per heavy atom. The van der Waals surface area contributed by atoms with Crippen molar-refractivity contribution in [1.29, 1.82) is 0 Å². The number of halogens is 3. The molecule has 0 saturated heterocycles. The number of hydrogen-bond acceptors (Lipinski definition) is 6. The summed E-state index contributed by atoms with van der Waals surface area (Å²) in [6.07, 6.45) is 0. The normalized spacial score (nSPS) is 13.4. The van der Waals surface area contributed by atoms with Crippen LogP contribution in [-0.4, -0.2) is 43.1 Å². The van der Waals surface area contributed by atoms with Crippen molar-refractivity contribution >= 4 is 124 Å². The SMILES string of the molecule is O=S1(=O)c2ccc(Br)cc2-c2cc(-c3ccc(-n4c5ccccc5c5ccccc54)cc3)ccc21.O=S1(=O)c2ccc(Br)cc2-c2cc(Br)ccc21.OB(O)c1ccc(-n2c3ccccc3c3ccccc32)cc1. The highest BCUT2D eigenvalue weighted by Crippen LogP contribution is 2.47. The van der Waals surface area contributed by atoms with Gasteiger partial charge in [0, 0.05) is 68.6 Å². The smallest absolute Gasteiger partial charge is 0.423 e. The van der Waals surface area contributed by atoms with E-state index in [0.29, 0.717) is 25.0 Å². The van der Waals surface area contributed by atoms with Gasteiger partial charge in [0.25, 0.3) is 0 Å². The summed E-state index contributed by atoms with van der Waals surface area (Å²) in [6, 6.07) is 70.7. The standard InChI is InChI=1S/C30H18BrNO2S.C18H14BNO2.C12H6Br2O2S/c31-21-12-16-30-26(18-21)25-17-20(11-15-29(25)35(30,33)34)19-9-13-22(14-10-19)32-27-7-3-1-5-23(27)24-6-2-4-8-28(24)32;21-19(22)13-9-11-14(12-10-13)20-17-7-3-1-5-15(17)16-6-2-4-8-18(16)20;13-7-1-3-11-9(5-7)10-6-8(14)2-4-12(10)17(11,15)16/h1-18H;1-12,21-22H;1-6H. The Morgan fingerprint density at radius 2 is 0.635 bits per heavy atom. The van der Waals surface area contributed by atoms with Crippen molar-refractivity contribution < 1.29 is 26.9 Å². The van der Waals surface area contributed by atoms with Gasteiger partial charge in [-0.05, 0) is 132 Å². The molecule has 360 valence electrons. The van der Waals surface area contributed by atoms with Crippen LogP contribution < -0.4 is 5.46 Å². The van der Waals surface area contributed by atoms with E-state index < -0.39 is 26.8 Å². The van der Waals surface area contributed by atoms with Gasteiger partial charge >= 0.3 is 7.12 Å². The van der Waals surface area contributed by atoms with E-state index in [2.05, 4.69) is 154 Å². The highest BCUT2D eigenvalue weighted by atomic mass is 79.9. The van der Waals surface area contributed by atoms with Crippen LogP contribution in [0.25, 0.3) is 88.4 Å². The van der Waals surface area contributed by atoms with E-state index in [4.69, 9.17) is 0 Å². The van der Waals surface area contributed by atoms with Gasteiger partial charge in [-0.3, -0.25) is 0 Å². The minimum atomic E-state index is -3.48. The van der Waals surface area contributed by atoms with Crippen molar-refractivity contribution in [3.05, 3.63) is 232 Å². The van der Waals surface area contributed by atoms with Crippen LogP contribution in [0.4, 0.5) is 0 Å². The van der Waals surface area contributed by atoms with Crippen LogP contribution in [0.1, 0.15) is 0 Å². The van der Waals surface area contributed by atoms with E-state index in [1.165, 1.54) is 32.6 Å². The zero-order valence-corrected chi connectivity index (χ0v) is 45.1. The Kier molecular flexibility index (Phi) is 12.2. The molecule has 0 fully saturated rings. The molecule has 4 heterocycles. The van der Waals surface area contributed by atoms with Crippen molar-refractivity contribution in [2.24, 2.45) is 0 Å². The maximum Gasteiger partial charge on any atom is 0.488 e. The molecule has 2 aromatic heterocycles. The number of para-hydroxylation sites is 4. The topological polar surface area (TPSA) is 119 Å². The third kappa shape index (κ3) is 8.16. The van der Waals surface area contributed by atoms with Crippen LogP contribution in [0.3, 0.4) is 0 Å². The molecule has 0 unspecified atom stereocenters. The molecule has 2 aliphatic rings. The molecule has 0 radical (unpaired) electrons. The van der Waals surface area contributed by atoms with Gasteiger partial charge in [0.05, 0.1) is 41.6 Å². The molecule has 0 saturated carbocycles. The highest BCUT2D eigenvalue weighted by molar-refractivity contribution is 9.11. The number of benzene rings is 10. The van der Waals surface area contributed by atoms with Crippen LogP contribution >= 0.6 is 47.8 Å². The molecule has 0 aliphatic carbocycles. The van der Waals surface area contributed by atoms with Crippen LogP contribution in [0.2, 0.25) is 0 Å². The van der Waals surface area contributed by atoms with E-state index >= 15 is 0 Å². The van der Waals surface area contributed by atoms with Gasteiger partial charge in [-0.25, -0.2) is 16.8 Å². The van der Waals surface area contributed by atoms with E-state index in [0.717, 1.165) is 69.2 Å². The minimum Gasteiger partial charge on any atom is -0.423 e. The van der Waals surface area contributed by atoms with Crippen molar-refractivity contribution in [2.75, 3.05) is 0 Å². The van der Waals surface area contributed by atoms with Crippen molar-refractivity contribution in [2.45, 2.75) is 19.6 Å². The summed E-state index contributed by atoms with van der Waals surface area (Å²) in [6.45, 7) is 0. The molecule has 0 atom stereocenters. The number of fused-ring (bicyclic) bond motifs is 12. The molecule has 0 amide bonds. The number of nitrogens with zero attached hydrogens (tertiary/aromatic N) is 2. The quantitative estimate of drug-likeness (QED) is 0.170. The molecular formula is C60H38BBr3N2O6S2. The third-order valence-corrected chi connectivity index (χ3v) is 18.8. The van der Waals surface area contributed by atoms with Gasteiger partial charge in [0.15, 0.2) is 0 Å². The zero-order chi connectivity index (χ0) is 51.0. The van der Waals surface area contributed by atoms with Crippen molar-refractivity contribution in [3.8, 4) is 44.8 Å². The lowest BCUT2D eigenvalue weighted by Crippen LogP contribution is -2.29. The molecule has 2 aliphatic heterocycles. The Labute approximate surface area is 452 Å². The molecule has 0 bridgehead atoms. The highest BCUT2D eigenvalue weighted by Gasteiger charge is 2.34. The van der Waals surface area contributed by atoms with Gasteiger partial charge in [0.1, 0.15) is 0 Å². The van der Waals surface area contributed by atoms with Crippen LogP contribution in [0.15, 0.2) is 251 Å². The Bertz CT molecular complexity index is 4320. The lowest BCUT2D eigenvalue weighted by molar-refractivity contribution is 0.426. The largest absolute Gasteiger partial charge is 0.488 e. The molecular weight excluding hydrogens is 1160 g/mol. The van der Waals surface area contributed by atoms with Crippen LogP contribution in [0, 0.1) is 0 Å². The van der Waals surface area contributed by atoms with E-state index in [1.54, 1.807) is 54.6 Å². The van der Waals surface area contributed by atoms with Gasteiger partial charge < -0.3 is 19.2 Å². The summed E-state index contributed by atoms with van der Waals surface area (Å²) >= 11 is 10.2. The lowest BCUT2D eigenvalue weighted by Gasteiger charge is -2.10. The molecule has 10 aromatic carbocycles. The maximum absolute atomic E-state index is 13.0. The number of sulfone groups is 2. The first-order chi connectivity index (χ1) is 35.8. The summed E-state index contributed by atoms with van der Waals surface area (Å²) in [5, 5.41) is 23.4. The summed E-state index contributed by atoms with van der Waals surface area (Å²) < 4.78 is 57.6. The second-order valence-electron chi connectivity index (χ2n) is 17.9. The third-order valence-electron chi connectivity index (χ3n) is 13.6. The van der Waals surface area contributed by atoms with Crippen LogP contribution in [-0.2, 0) is 19.7 Å². The second-order valence-corrected chi connectivity index (χ2v) is 24.4. The monoisotopic (exact) mass is 1190 g/mol. The number of hydrogen-bond donors (Lipinski definition) is 2. The predicted octanol–water partition coefficient (Wildman–Crippen LogP) is 14.5. The lowest BCUT2D eigenvalue weighted by atomic mass is 9.80. The fourth-order valence-electron chi connectivity index (χ4n) is 10.2. The van der Waals surface area contributed by atoms with Gasteiger partial charge in [-0.2, -0.15) is 0 Å². The fourth-order valence-corrected chi connectivity index (χ4v) is 14.6. The summed E-state index contributed by atoms with van der Waals surface area (Å²) in [5.74, 6) is 0. The van der Waals surface area contributed by atoms with E-state index in [1.807, 2.05) is 66.7 Å². The Morgan fingerprint density at radius 3 is 0.986 bits per heavy atom. The second kappa shape index (κ2) is 18.8. The molecule has 14 heteroatoms. The first kappa shape index (κ1) is 48.1. The van der Waals surface area contributed by atoms with Crippen molar-refractivity contribution in [3.63, 3.8) is 0 Å². The molecule has 12 aromatic rings. The average molecular weight is 1200 g/mol. The molecule has 0 spiro atoms. The average Bonchev–Trinajstić information content (AvgIpc) is 4.07. The van der Waals surface area contributed by atoms with E-state index in [-0.39, 0.29) is 0 Å². The van der Waals surface area contributed by atoms with Gasteiger partial charge in [-0.15, -0.1) is 0 Å². The maximum atomic E-state index is 13.0. The first-order valence-electron chi connectivity index (χ1n) is 23.4. The van der Waals surface area contributed by atoms with E-state index in [9.17, 15) is 26.9 Å².